The molecule has 2 nitrogen and oxygen atoms in total. The molecule has 2 heteroatoms. The van der Waals surface area contributed by atoms with Crippen LogP contribution >= 0.6 is 0 Å². The summed E-state index contributed by atoms with van der Waals surface area (Å²) in [6.45, 7) is 7.16. The van der Waals surface area contributed by atoms with Gasteiger partial charge >= 0.3 is 0 Å². The van der Waals surface area contributed by atoms with Gasteiger partial charge in [-0.15, -0.1) is 0 Å². The van der Waals surface area contributed by atoms with Crippen LogP contribution in [0.3, 0.4) is 0 Å². The fraction of sp³-hybridized carbons (Fsp3) is 1.00. The van der Waals surface area contributed by atoms with Gasteiger partial charge in [0.25, 0.3) is 0 Å². The molecule has 2 rings (SSSR count). The highest BCUT2D eigenvalue weighted by molar-refractivity contribution is 4.81. The molecule has 1 aliphatic heterocycles. The Balaban J connectivity index is 1.76. The van der Waals surface area contributed by atoms with E-state index < -0.39 is 0 Å². The average Bonchev–Trinajstić information content (AvgIpc) is 2.14. The summed E-state index contributed by atoms with van der Waals surface area (Å²) in [5, 5.41) is 0. The van der Waals surface area contributed by atoms with Gasteiger partial charge in [0.1, 0.15) is 0 Å². The molecule has 1 saturated carbocycles. The third-order valence-electron chi connectivity index (χ3n) is 4.24. The van der Waals surface area contributed by atoms with E-state index in [1.165, 1.54) is 45.3 Å². The van der Waals surface area contributed by atoms with E-state index in [2.05, 4.69) is 11.8 Å². The van der Waals surface area contributed by atoms with E-state index in [9.17, 15) is 0 Å². The minimum atomic E-state index is 0.754. The van der Waals surface area contributed by atoms with Gasteiger partial charge in [-0.2, -0.15) is 0 Å². The van der Waals surface area contributed by atoms with E-state index in [1.54, 1.807) is 0 Å². The lowest BCUT2D eigenvalue weighted by Crippen LogP contribution is -2.45. The smallest absolute Gasteiger partial charge is 0.00244 e. The van der Waals surface area contributed by atoms with Gasteiger partial charge in [0, 0.05) is 13.1 Å². The third kappa shape index (κ3) is 2.29. The van der Waals surface area contributed by atoms with E-state index in [0.717, 1.165) is 24.3 Å². The third-order valence-corrected chi connectivity index (χ3v) is 4.24. The Hall–Kier alpha value is -0.0800. The zero-order valence-corrected chi connectivity index (χ0v) is 9.41. The first kappa shape index (κ1) is 10.4. The van der Waals surface area contributed by atoms with Crippen LogP contribution in [0.2, 0.25) is 0 Å². The van der Waals surface area contributed by atoms with Gasteiger partial charge < -0.3 is 10.6 Å². The van der Waals surface area contributed by atoms with Crippen LogP contribution in [0.25, 0.3) is 0 Å². The summed E-state index contributed by atoms with van der Waals surface area (Å²) in [5.41, 5.74) is 5.81. The van der Waals surface area contributed by atoms with Crippen molar-refractivity contribution in [1.82, 2.24) is 4.90 Å². The molecule has 1 heterocycles. The van der Waals surface area contributed by atoms with Crippen molar-refractivity contribution >= 4 is 0 Å². The van der Waals surface area contributed by atoms with Crippen molar-refractivity contribution < 1.29 is 0 Å². The quantitative estimate of drug-likeness (QED) is 0.744. The van der Waals surface area contributed by atoms with Crippen LogP contribution in [0, 0.1) is 17.8 Å². The van der Waals surface area contributed by atoms with Crippen LogP contribution in [0.4, 0.5) is 0 Å². The number of hydrogen-bond donors (Lipinski definition) is 1. The second-order valence-corrected chi connectivity index (χ2v) is 5.32. The van der Waals surface area contributed by atoms with Gasteiger partial charge in [-0.25, -0.2) is 0 Å². The SMILES string of the molecule is CC1CCN(CC2CCC2)CC1CN. The topological polar surface area (TPSA) is 29.3 Å². The Morgan fingerprint density at radius 3 is 2.64 bits per heavy atom. The van der Waals surface area contributed by atoms with E-state index >= 15 is 0 Å². The largest absolute Gasteiger partial charge is 0.330 e. The molecule has 2 fully saturated rings. The van der Waals surface area contributed by atoms with Crippen molar-refractivity contribution in [2.45, 2.75) is 32.6 Å². The van der Waals surface area contributed by atoms with E-state index in [4.69, 9.17) is 5.73 Å². The van der Waals surface area contributed by atoms with Crippen molar-refractivity contribution in [3.63, 3.8) is 0 Å². The molecule has 14 heavy (non-hydrogen) atoms. The average molecular weight is 196 g/mol. The first-order chi connectivity index (χ1) is 6.79. The Bertz CT molecular complexity index is 177. The predicted octanol–water partition coefficient (Wildman–Crippen LogP) is 1.70. The Morgan fingerprint density at radius 1 is 1.29 bits per heavy atom. The molecule has 2 atom stereocenters. The lowest BCUT2D eigenvalue weighted by atomic mass is 9.82. The molecule has 0 bridgehead atoms. The van der Waals surface area contributed by atoms with E-state index in [0.29, 0.717) is 0 Å². The molecule has 2 unspecified atom stereocenters. The predicted molar refractivity (Wildman–Crippen MR) is 60.1 cm³/mol. The molecule has 0 aromatic heterocycles. The number of likely N-dealkylation sites (tertiary alicyclic amines) is 1. The first-order valence-electron chi connectivity index (χ1n) is 6.22. The molecule has 0 spiro atoms. The minimum Gasteiger partial charge on any atom is -0.330 e. The molecule has 2 N–H and O–H groups in total. The Kier molecular flexibility index (Phi) is 3.45. The highest BCUT2D eigenvalue weighted by Gasteiger charge is 2.27. The van der Waals surface area contributed by atoms with Gasteiger partial charge in [-0.1, -0.05) is 13.3 Å². The summed E-state index contributed by atoms with van der Waals surface area (Å²) in [7, 11) is 0. The number of nitrogens with zero attached hydrogens (tertiary/aromatic N) is 1. The Morgan fingerprint density at radius 2 is 2.07 bits per heavy atom. The normalized spacial score (nSPS) is 35.6. The Labute approximate surface area is 87.8 Å². The van der Waals surface area contributed by atoms with Gasteiger partial charge in [0.05, 0.1) is 0 Å². The summed E-state index contributed by atoms with van der Waals surface area (Å²) in [6, 6.07) is 0. The summed E-state index contributed by atoms with van der Waals surface area (Å²) >= 11 is 0. The fourth-order valence-electron chi connectivity index (χ4n) is 2.74. The van der Waals surface area contributed by atoms with Crippen LogP contribution < -0.4 is 5.73 Å². The number of nitrogens with two attached hydrogens (primary N) is 1. The number of hydrogen-bond acceptors (Lipinski definition) is 2. The highest BCUT2D eigenvalue weighted by atomic mass is 15.1. The van der Waals surface area contributed by atoms with Crippen LogP contribution in [0.15, 0.2) is 0 Å². The second kappa shape index (κ2) is 4.63. The van der Waals surface area contributed by atoms with Gasteiger partial charge in [0.2, 0.25) is 0 Å². The zero-order valence-electron chi connectivity index (χ0n) is 9.41. The summed E-state index contributed by atoms with van der Waals surface area (Å²) in [5.74, 6) is 2.61. The molecular weight excluding hydrogens is 172 g/mol. The molecule has 0 aromatic carbocycles. The van der Waals surface area contributed by atoms with Gasteiger partial charge in [-0.3, -0.25) is 0 Å². The molecule has 0 radical (unpaired) electrons. The van der Waals surface area contributed by atoms with E-state index in [-0.39, 0.29) is 0 Å². The summed E-state index contributed by atoms with van der Waals surface area (Å²) in [6.07, 6.45) is 5.77. The number of rotatable bonds is 3. The van der Waals surface area contributed by atoms with Crippen molar-refractivity contribution in [1.29, 1.82) is 0 Å². The lowest BCUT2D eigenvalue weighted by molar-refractivity contribution is 0.0966. The maximum atomic E-state index is 5.81. The molecule has 0 aromatic rings. The summed E-state index contributed by atoms with van der Waals surface area (Å²) < 4.78 is 0. The van der Waals surface area contributed by atoms with Crippen molar-refractivity contribution in [3.05, 3.63) is 0 Å². The molecule has 1 aliphatic carbocycles. The van der Waals surface area contributed by atoms with Gasteiger partial charge in [0.15, 0.2) is 0 Å². The monoisotopic (exact) mass is 196 g/mol. The lowest BCUT2D eigenvalue weighted by Gasteiger charge is -2.40. The van der Waals surface area contributed by atoms with Crippen molar-refractivity contribution in [2.75, 3.05) is 26.2 Å². The van der Waals surface area contributed by atoms with Crippen molar-refractivity contribution in [3.8, 4) is 0 Å². The van der Waals surface area contributed by atoms with Crippen LogP contribution in [0.5, 0.6) is 0 Å². The summed E-state index contributed by atoms with van der Waals surface area (Å²) in [4.78, 5) is 2.65. The molecule has 1 saturated heterocycles. The van der Waals surface area contributed by atoms with Gasteiger partial charge in [-0.05, 0) is 50.1 Å². The maximum Gasteiger partial charge on any atom is 0.00244 e. The fourth-order valence-corrected chi connectivity index (χ4v) is 2.74. The van der Waals surface area contributed by atoms with Crippen LogP contribution in [0.1, 0.15) is 32.6 Å². The molecule has 0 amide bonds. The maximum absolute atomic E-state index is 5.81. The second-order valence-electron chi connectivity index (χ2n) is 5.32. The van der Waals surface area contributed by atoms with Crippen molar-refractivity contribution in [2.24, 2.45) is 23.5 Å². The van der Waals surface area contributed by atoms with E-state index in [1.807, 2.05) is 0 Å². The van der Waals surface area contributed by atoms with Crippen LogP contribution in [-0.4, -0.2) is 31.1 Å². The number of piperidine rings is 1. The molecule has 2 aliphatic rings. The molecular formula is C12H24N2. The minimum absolute atomic E-state index is 0.754. The highest BCUT2D eigenvalue weighted by Crippen LogP contribution is 2.29. The standard InChI is InChI=1S/C12H24N2/c1-10-5-6-14(9-12(10)7-13)8-11-3-2-4-11/h10-12H,2-9,13H2,1H3. The van der Waals surface area contributed by atoms with Crippen LogP contribution in [-0.2, 0) is 0 Å². The first-order valence-corrected chi connectivity index (χ1v) is 6.22. The molecule has 82 valence electrons. The zero-order chi connectivity index (χ0) is 9.97.